The predicted octanol–water partition coefficient (Wildman–Crippen LogP) is 1.49. The Bertz CT molecular complexity index is 415. The number of amides is 1. The molecule has 0 bridgehead atoms. The lowest BCUT2D eigenvalue weighted by atomic mass is 10.1. The maximum atomic E-state index is 11.5. The van der Waals surface area contributed by atoms with Crippen LogP contribution in [0.1, 0.15) is 5.56 Å². The second-order valence-corrected chi connectivity index (χ2v) is 4.22. The minimum absolute atomic E-state index is 0.0926. The van der Waals surface area contributed by atoms with Gasteiger partial charge < -0.3 is 10.6 Å². The van der Waals surface area contributed by atoms with E-state index in [0.717, 1.165) is 4.47 Å². The Labute approximate surface area is 96.7 Å². The zero-order valence-corrected chi connectivity index (χ0v) is 10.1. The number of rotatable bonds is 2. The fourth-order valence-corrected chi connectivity index (χ4v) is 1.48. The molecule has 0 fully saturated rings. The summed E-state index contributed by atoms with van der Waals surface area (Å²) in [6.07, 6.45) is 0. The van der Waals surface area contributed by atoms with Crippen LogP contribution in [0.2, 0.25) is 0 Å². The number of halogens is 1. The molecule has 15 heavy (non-hydrogen) atoms. The number of likely N-dealkylation sites (N-methyl/N-ethyl adjacent to an activating group) is 1. The van der Waals surface area contributed by atoms with E-state index in [9.17, 15) is 4.79 Å². The summed E-state index contributed by atoms with van der Waals surface area (Å²) in [5.41, 5.74) is 6.50. The number of benzene rings is 1. The largest absolute Gasteiger partial charge is 0.398 e. The quantitative estimate of drug-likeness (QED) is 0.631. The van der Waals surface area contributed by atoms with Crippen LogP contribution in [0.3, 0.4) is 0 Å². The Morgan fingerprint density at radius 1 is 1.47 bits per heavy atom. The van der Waals surface area contributed by atoms with Gasteiger partial charge in [-0.25, -0.2) is 0 Å². The van der Waals surface area contributed by atoms with Crippen molar-refractivity contribution >= 4 is 33.2 Å². The molecule has 0 saturated carbocycles. The number of carbonyl (C=O) groups is 1. The minimum atomic E-state index is -0.357. The molecule has 5 heteroatoms. The van der Waals surface area contributed by atoms with E-state index >= 15 is 0 Å². The van der Waals surface area contributed by atoms with Gasteiger partial charge in [-0.3, -0.25) is 10.2 Å². The lowest BCUT2D eigenvalue weighted by Crippen LogP contribution is -2.30. The standard InChI is InChI=1S/C10H12BrN3O/c1-14(2)10(15)9(13)7-4-3-6(11)5-8(7)12/h3-5,13H,12H2,1-2H3. The van der Waals surface area contributed by atoms with Crippen LogP contribution in [0.5, 0.6) is 0 Å². The Morgan fingerprint density at radius 3 is 2.53 bits per heavy atom. The molecule has 0 aromatic heterocycles. The zero-order chi connectivity index (χ0) is 11.6. The summed E-state index contributed by atoms with van der Waals surface area (Å²) in [6, 6.07) is 5.08. The second kappa shape index (κ2) is 4.44. The Morgan fingerprint density at radius 2 is 2.07 bits per heavy atom. The molecule has 1 amide bonds. The molecule has 0 radical (unpaired) electrons. The smallest absolute Gasteiger partial charge is 0.271 e. The first-order valence-electron chi connectivity index (χ1n) is 4.29. The maximum absolute atomic E-state index is 11.5. The number of anilines is 1. The van der Waals surface area contributed by atoms with Gasteiger partial charge in [-0.2, -0.15) is 0 Å². The van der Waals surface area contributed by atoms with Crippen molar-refractivity contribution < 1.29 is 4.79 Å². The molecule has 4 nitrogen and oxygen atoms in total. The third-order valence-electron chi connectivity index (χ3n) is 1.90. The van der Waals surface area contributed by atoms with Crippen molar-refractivity contribution in [1.29, 1.82) is 5.41 Å². The second-order valence-electron chi connectivity index (χ2n) is 3.31. The normalized spacial score (nSPS) is 9.80. The molecule has 1 aromatic rings. The van der Waals surface area contributed by atoms with Gasteiger partial charge in [0.25, 0.3) is 5.91 Å². The number of hydrogen-bond donors (Lipinski definition) is 2. The first-order chi connectivity index (χ1) is 6.93. The number of nitrogen functional groups attached to an aromatic ring is 1. The predicted molar refractivity (Wildman–Crippen MR) is 64.1 cm³/mol. The number of nitrogens with two attached hydrogens (primary N) is 1. The molecule has 0 saturated heterocycles. The van der Waals surface area contributed by atoms with Gasteiger partial charge in [-0.05, 0) is 18.2 Å². The van der Waals surface area contributed by atoms with E-state index in [1.165, 1.54) is 4.90 Å². The van der Waals surface area contributed by atoms with E-state index in [-0.39, 0.29) is 11.6 Å². The number of carbonyl (C=O) groups excluding carboxylic acids is 1. The highest BCUT2D eigenvalue weighted by Crippen LogP contribution is 2.19. The third kappa shape index (κ3) is 2.56. The van der Waals surface area contributed by atoms with E-state index in [4.69, 9.17) is 11.1 Å². The van der Waals surface area contributed by atoms with Crippen molar-refractivity contribution in [2.24, 2.45) is 0 Å². The summed E-state index contributed by atoms with van der Waals surface area (Å²) in [5, 5.41) is 7.69. The molecule has 0 aliphatic carbocycles. The summed E-state index contributed by atoms with van der Waals surface area (Å²) in [4.78, 5) is 12.9. The van der Waals surface area contributed by atoms with Crippen LogP contribution in [0, 0.1) is 5.41 Å². The van der Waals surface area contributed by atoms with Crippen molar-refractivity contribution in [1.82, 2.24) is 4.90 Å². The van der Waals surface area contributed by atoms with Crippen LogP contribution < -0.4 is 5.73 Å². The summed E-state index contributed by atoms with van der Waals surface area (Å²) < 4.78 is 0.828. The highest BCUT2D eigenvalue weighted by molar-refractivity contribution is 9.10. The van der Waals surface area contributed by atoms with Crippen LogP contribution in [-0.2, 0) is 4.79 Å². The van der Waals surface area contributed by atoms with Gasteiger partial charge >= 0.3 is 0 Å². The SMILES string of the molecule is CN(C)C(=O)C(=N)c1ccc(Br)cc1N. The molecule has 80 valence electrons. The molecule has 3 N–H and O–H groups in total. The molecule has 0 unspecified atom stereocenters. The Kier molecular flexibility index (Phi) is 3.47. The van der Waals surface area contributed by atoms with Crippen molar-refractivity contribution in [3.63, 3.8) is 0 Å². The Hall–Kier alpha value is -1.36. The summed E-state index contributed by atoms with van der Waals surface area (Å²) in [6.45, 7) is 0. The lowest BCUT2D eigenvalue weighted by Gasteiger charge is -2.12. The van der Waals surface area contributed by atoms with Gasteiger partial charge in [0.15, 0.2) is 0 Å². The van der Waals surface area contributed by atoms with E-state index in [1.54, 1.807) is 32.3 Å². The first kappa shape index (κ1) is 11.7. The molecular formula is C10H12BrN3O. The van der Waals surface area contributed by atoms with Crippen molar-refractivity contribution in [3.05, 3.63) is 28.2 Å². The average molecular weight is 270 g/mol. The highest BCUT2D eigenvalue weighted by Gasteiger charge is 2.16. The van der Waals surface area contributed by atoms with Crippen LogP contribution in [0.25, 0.3) is 0 Å². The topological polar surface area (TPSA) is 70.2 Å². The minimum Gasteiger partial charge on any atom is -0.398 e. The Balaban J connectivity index is 3.07. The van der Waals surface area contributed by atoms with Crippen LogP contribution in [0.4, 0.5) is 5.69 Å². The van der Waals surface area contributed by atoms with Gasteiger partial charge in [-0.15, -0.1) is 0 Å². The van der Waals surface area contributed by atoms with Crippen LogP contribution in [0.15, 0.2) is 22.7 Å². The molecule has 0 heterocycles. The van der Waals surface area contributed by atoms with Crippen molar-refractivity contribution in [3.8, 4) is 0 Å². The zero-order valence-electron chi connectivity index (χ0n) is 8.54. The number of nitrogens with one attached hydrogen (secondary N) is 1. The lowest BCUT2D eigenvalue weighted by molar-refractivity contribution is -0.121. The fourth-order valence-electron chi connectivity index (χ4n) is 1.10. The van der Waals surface area contributed by atoms with E-state index < -0.39 is 0 Å². The van der Waals surface area contributed by atoms with Gasteiger partial charge in [0.2, 0.25) is 0 Å². The summed E-state index contributed by atoms with van der Waals surface area (Å²) in [5.74, 6) is -0.357. The van der Waals surface area contributed by atoms with Crippen LogP contribution >= 0.6 is 15.9 Å². The monoisotopic (exact) mass is 269 g/mol. The number of nitrogens with zero attached hydrogens (tertiary/aromatic N) is 1. The van der Waals surface area contributed by atoms with Gasteiger partial charge in [-0.1, -0.05) is 15.9 Å². The molecule has 0 atom stereocenters. The van der Waals surface area contributed by atoms with E-state index in [2.05, 4.69) is 15.9 Å². The van der Waals surface area contributed by atoms with Gasteiger partial charge in [0, 0.05) is 29.8 Å². The molecular weight excluding hydrogens is 258 g/mol. The number of hydrogen-bond acceptors (Lipinski definition) is 3. The van der Waals surface area contributed by atoms with E-state index in [1.807, 2.05) is 0 Å². The molecule has 1 aromatic carbocycles. The van der Waals surface area contributed by atoms with Gasteiger partial charge in [0.05, 0.1) is 0 Å². The molecule has 1 rings (SSSR count). The maximum Gasteiger partial charge on any atom is 0.271 e. The first-order valence-corrected chi connectivity index (χ1v) is 5.08. The summed E-state index contributed by atoms with van der Waals surface area (Å²) >= 11 is 3.27. The van der Waals surface area contributed by atoms with Crippen molar-refractivity contribution in [2.45, 2.75) is 0 Å². The molecule has 0 aliphatic rings. The van der Waals surface area contributed by atoms with Crippen LogP contribution in [-0.4, -0.2) is 30.6 Å². The van der Waals surface area contributed by atoms with E-state index in [0.29, 0.717) is 11.3 Å². The van der Waals surface area contributed by atoms with Crippen molar-refractivity contribution in [2.75, 3.05) is 19.8 Å². The molecule has 0 spiro atoms. The van der Waals surface area contributed by atoms with Gasteiger partial charge in [0.1, 0.15) is 5.71 Å². The average Bonchev–Trinajstić information content (AvgIpc) is 2.15. The highest BCUT2D eigenvalue weighted by atomic mass is 79.9. The third-order valence-corrected chi connectivity index (χ3v) is 2.40. The summed E-state index contributed by atoms with van der Waals surface area (Å²) in [7, 11) is 3.21. The fraction of sp³-hybridized carbons (Fsp3) is 0.200. The molecule has 0 aliphatic heterocycles.